The molecule has 0 fully saturated rings. The second-order valence-corrected chi connectivity index (χ2v) is 6.75. The van der Waals surface area contributed by atoms with Crippen LogP contribution < -0.4 is 10.1 Å². The fraction of sp³-hybridized carbons (Fsp3) is 0.391. The second kappa shape index (κ2) is 11.8. The zero-order chi connectivity index (χ0) is 20.2. The highest BCUT2D eigenvalue weighted by atomic mass is 16.5. The summed E-state index contributed by atoms with van der Waals surface area (Å²) in [6, 6.07) is 18.6. The Morgan fingerprint density at radius 3 is 2.32 bits per heavy atom. The van der Waals surface area contributed by atoms with Gasteiger partial charge in [0.2, 0.25) is 5.91 Å². The number of hydrogen-bond acceptors (Lipinski definition) is 3. The third-order valence-electron chi connectivity index (χ3n) is 4.59. The Labute approximate surface area is 167 Å². The van der Waals surface area contributed by atoms with Gasteiger partial charge in [0.15, 0.2) is 6.61 Å². The SMILES string of the molecule is CCCCNC(=O)[C@@H](C)N(CCc1ccccc1)C(=O)COc1ccccc1. The molecular formula is C23H30N2O3. The molecule has 5 nitrogen and oxygen atoms in total. The summed E-state index contributed by atoms with van der Waals surface area (Å²) in [7, 11) is 0. The summed E-state index contributed by atoms with van der Waals surface area (Å²) in [5.41, 5.74) is 1.13. The molecular weight excluding hydrogens is 352 g/mol. The van der Waals surface area contributed by atoms with Crippen molar-refractivity contribution >= 4 is 11.8 Å². The lowest BCUT2D eigenvalue weighted by Crippen LogP contribution is -2.50. The van der Waals surface area contributed by atoms with Gasteiger partial charge in [0.1, 0.15) is 11.8 Å². The third kappa shape index (κ3) is 7.06. The van der Waals surface area contributed by atoms with Gasteiger partial charge in [0.25, 0.3) is 5.91 Å². The molecule has 0 unspecified atom stereocenters. The van der Waals surface area contributed by atoms with Gasteiger partial charge in [-0.3, -0.25) is 9.59 Å². The van der Waals surface area contributed by atoms with Gasteiger partial charge in [0.05, 0.1) is 0 Å². The maximum Gasteiger partial charge on any atom is 0.261 e. The van der Waals surface area contributed by atoms with Gasteiger partial charge in [-0.15, -0.1) is 0 Å². The third-order valence-corrected chi connectivity index (χ3v) is 4.59. The van der Waals surface area contributed by atoms with Crippen LogP contribution in [0.2, 0.25) is 0 Å². The summed E-state index contributed by atoms with van der Waals surface area (Å²) in [5, 5.41) is 2.92. The number of nitrogens with zero attached hydrogens (tertiary/aromatic N) is 1. The van der Waals surface area contributed by atoms with Gasteiger partial charge in [-0.25, -0.2) is 0 Å². The molecule has 0 aromatic heterocycles. The number of benzene rings is 2. The number of unbranched alkanes of at least 4 members (excludes halogenated alkanes) is 1. The Kier molecular flexibility index (Phi) is 9.05. The molecule has 2 rings (SSSR count). The number of rotatable bonds is 11. The number of hydrogen-bond donors (Lipinski definition) is 1. The molecule has 2 amide bonds. The highest BCUT2D eigenvalue weighted by Crippen LogP contribution is 2.10. The molecule has 28 heavy (non-hydrogen) atoms. The zero-order valence-electron chi connectivity index (χ0n) is 16.8. The first kappa shape index (κ1) is 21.5. The second-order valence-electron chi connectivity index (χ2n) is 6.75. The van der Waals surface area contributed by atoms with Crippen molar-refractivity contribution in [3.63, 3.8) is 0 Å². The lowest BCUT2D eigenvalue weighted by Gasteiger charge is -2.28. The fourth-order valence-electron chi connectivity index (χ4n) is 2.85. The molecule has 0 aliphatic carbocycles. The van der Waals surface area contributed by atoms with Crippen LogP contribution in [0.25, 0.3) is 0 Å². The quantitative estimate of drug-likeness (QED) is 0.606. The Morgan fingerprint density at radius 2 is 1.68 bits per heavy atom. The molecule has 1 N–H and O–H groups in total. The minimum atomic E-state index is -0.549. The maximum atomic E-state index is 12.8. The summed E-state index contributed by atoms with van der Waals surface area (Å²) in [6.07, 6.45) is 2.62. The van der Waals surface area contributed by atoms with Gasteiger partial charge in [-0.2, -0.15) is 0 Å². The minimum Gasteiger partial charge on any atom is -0.484 e. The maximum absolute atomic E-state index is 12.8. The van der Waals surface area contributed by atoms with E-state index in [-0.39, 0.29) is 18.4 Å². The van der Waals surface area contributed by atoms with Crippen molar-refractivity contribution in [3.8, 4) is 5.75 Å². The number of ether oxygens (including phenoxy) is 1. The van der Waals surface area contributed by atoms with Gasteiger partial charge in [-0.05, 0) is 37.5 Å². The normalized spacial score (nSPS) is 11.5. The van der Waals surface area contributed by atoms with Crippen LogP contribution in [-0.4, -0.2) is 42.5 Å². The van der Waals surface area contributed by atoms with Crippen molar-refractivity contribution in [2.75, 3.05) is 19.7 Å². The smallest absolute Gasteiger partial charge is 0.261 e. The van der Waals surface area contributed by atoms with Crippen molar-refractivity contribution in [1.82, 2.24) is 10.2 Å². The number of carbonyl (C=O) groups is 2. The molecule has 0 saturated heterocycles. The number of nitrogens with one attached hydrogen (secondary N) is 1. The highest BCUT2D eigenvalue weighted by Gasteiger charge is 2.25. The van der Waals surface area contributed by atoms with Crippen LogP contribution in [-0.2, 0) is 16.0 Å². The first-order valence-electron chi connectivity index (χ1n) is 9.90. The molecule has 0 heterocycles. The molecule has 0 radical (unpaired) electrons. The van der Waals surface area contributed by atoms with Gasteiger partial charge >= 0.3 is 0 Å². The molecule has 0 aliphatic rings. The largest absolute Gasteiger partial charge is 0.484 e. The summed E-state index contributed by atoms with van der Waals surface area (Å²) in [5.74, 6) is 0.311. The fourth-order valence-corrected chi connectivity index (χ4v) is 2.85. The molecule has 0 saturated carbocycles. The first-order chi connectivity index (χ1) is 13.6. The molecule has 150 valence electrons. The Morgan fingerprint density at radius 1 is 1.04 bits per heavy atom. The Bertz CT molecular complexity index is 719. The van der Waals surface area contributed by atoms with Gasteiger partial charge in [-0.1, -0.05) is 61.9 Å². The Hall–Kier alpha value is -2.82. The highest BCUT2D eigenvalue weighted by molar-refractivity contribution is 5.87. The van der Waals surface area contributed by atoms with Gasteiger partial charge < -0.3 is 15.0 Å². The van der Waals surface area contributed by atoms with E-state index in [0.29, 0.717) is 25.3 Å². The average molecular weight is 383 g/mol. The van der Waals surface area contributed by atoms with Gasteiger partial charge in [0, 0.05) is 13.1 Å². The van der Waals surface area contributed by atoms with Crippen LogP contribution in [0.4, 0.5) is 0 Å². The first-order valence-corrected chi connectivity index (χ1v) is 9.90. The molecule has 1 atom stereocenters. The van der Waals surface area contributed by atoms with Crippen LogP contribution in [0.15, 0.2) is 60.7 Å². The lowest BCUT2D eigenvalue weighted by molar-refractivity contribution is -0.141. The van der Waals surface area contributed by atoms with E-state index in [4.69, 9.17) is 4.74 Å². The predicted octanol–water partition coefficient (Wildman–Crippen LogP) is 3.44. The van der Waals surface area contributed by atoms with Crippen molar-refractivity contribution in [2.45, 2.75) is 39.2 Å². The number of para-hydroxylation sites is 1. The van der Waals surface area contributed by atoms with Crippen LogP contribution >= 0.6 is 0 Å². The summed E-state index contributed by atoms with van der Waals surface area (Å²) < 4.78 is 5.61. The Balaban J connectivity index is 2.00. The zero-order valence-corrected chi connectivity index (χ0v) is 16.8. The summed E-state index contributed by atoms with van der Waals surface area (Å²) in [6.45, 7) is 4.84. The van der Waals surface area contributed by atoms with Crippen LogP contribution in [0, 0.1) is 0 Å². The molecule has 0 bridgehead atoms. The van der Waals surface area contributed by atoms with E-state index in [1.54, 1.807) is 11.8 Å². The molecule has 0 aliphatic heterocycles. The molecule has 0 spiro atoms. The predicted molar refractivity (Wildman–Crippen MR) is 111 cm³/mol. The van der Waals surface area contributed by atoms with E-state index in [1.165, 1.54) is 0 Å². The average Bonchev–Trinajstić information content (AvgIpc) is 2.73. The van der Waals surface area contributed by atoms with E-state index in [2.05, 4.69) is 12.2 Å². The molecule has 2 aromatic carbocycles. The van der Waals surface area contributed by atoms with Crippen molar-refractivity contribution in [2.24, 2.45) is 0 Å². The van der Waals surface area contributed by atoms with Crippen molar-refractivity contribution in [3.05, 3.63) is 66.2 Å². The minimum absolute atomic E-state index is 0.0919. The van der Waals surface area contributed by atoms with Crippen LogP contribution in [0.1, 0.15) is 32.3 Å². The number of amides is 2. The molecule has 5 heteroatoms. The van der Waals surface area contributed by atoms with E-state index in [9.17, 15) is 9.59 Å². The summed E-state index contributed by atoms with van der Waals surface area (Å²) in [4.78, 5) is 26.9. The van der Waals surface area contributed by atoms with E-state index in [1.807, 2.05) is 60.7 Å². The van der Waals surface area contributed by atoms with Crippen molar-refractivity contribution < 1.29 is 14.3 Å². The van der Waals surface area contributed by atoms with Crippen molar-refractivity contribution in [1.29, 1.82) is 0 Å². The van der Waals surface area contributed by atoms with Crippen LogP contribution in [0.3, 0.4) is 0 Å². The monoisotopic (exact) mass is 382 g/mol. The van der Waals surface area contributed by atoms with E-state index in [0.717, 1.165) is 18.4 Å². The standard InChI is InChI=1S/C23H30N2O3/c1-3-4-16-24-23(27)19(2)25(17-15-20-11-7-5-8-12-20)22(26)18-28-21-13-9-6-10-14-21/h5-14,19H,3-4,15-18H2,1-2H3,(H,24,27)/t19-/m1/s1. The number of carbonyl (C=O) groups excluding carboxylic acids is 2. The van der Waals surface area contributed by atoms with E-state index < -0.39 is 6.04 Å². The molecule has 2 aromatic rings. The topological polar surface area (TPSA) is 58.6 Å². The van der Waals surface area contributed by atoms with Crippen LogP contribution in [0.5, 0.6) is 5.75 Å². The lowest BCUT2D eigenvalue weighted by atomic mass is 10.1. The van der Waals surface area contributed by atoms with E-state index >= 15 is 0 Å². The summed E-state index contributed by atoms with van der Waals surface area (Å²) >= 11 is 0.